The minimum Gasteiger partial charge on any atom is -0.489 e. The van der Waals surface area contributed by atoms with Crippen molar-refractivity contribution in [2.75, 3.05) is 0 Å². The molecule has 0 saturated carbocycles. The van der Waals surface area contributed by atoms with Gasteiger partial charge in [0.1, 0.15) is 12.4 Å². The summed E-state index contributed by atoms with van der Waals surface area (Å²) in [6.45, 7) is 2.81. The summed E-state index contributed by atoms with van der Waals surface area (Å²) in [6.07, 6.45) is 15.1. The first-order chi connectivity index (χ1) is 15.7. The zero-order valence-corrected chi connectivity index (χ0v) is 19.9. The van der Waals surface area contributed by atoms with Crippen LogP contribution in [0.5, 0.6) is 5.75 Å². The van der Waals surface area contributed by atoms with Gasteiger partial charge in [0.25, 0.3) is 0 Å². The number of carboxylic acids is 1. The van der Waals surface area contributed by atoms with E-state index in [1.54, 1.807) is 0 Å². The number of ether oxygens (including phenoxy) is 1. The van der Waals surface area contributed by atoms with Crippen LogP contribution in [0.15, 0.2) is 54.6 Å². The summed E-state index contributed by atoms with van der Waals surface area (Å²) in [6, 6.07) is 18.2. The maximum absolute atomic E-state index is 11.7. The number of carbonyl (C=O) groups is 1. The van der Waals surface area contributed by atoms with Crippen LogP contribution in [0.2, 0.25) is 0 Å². The highest BCUT2D eigenvalue weighted by atomic mass is 16.5. The van der Waals surface area contributed by atoms with Gasteiger partial charge in [0, 0.05) is 0 Å². The lowest BCUT2D eigenvalue weighted by atomic mass is 9.93. The first kappa shape index (κ1) is 26.0. The molecule has 176 valence electrons. The van der Waals surface area contributed by atoms with Crippen molar-refractivity contribution in [3.63, 3.8) is 0 Å². The molecule has 0 aliphatic heterocycles. The van der Waals surface area contributed by atoms with Crippen LogP contribution < -0.4 is 4.74 Å². The lowest BCUT2D eigenvalue weighted by molar-refractivity contribution is -0.142. The summed E-state index contributed by atoms with van der Waals surface area (Å²) in [5, 5.41) is 9.60. The van der Waals surface area contributed by atoms with Crippen molar-refractivity contribution >= 4 is 5.97 Å². The highest BCUT2D eigenvalue weighted by molar-refractivity contribution is 5.69. The Morgan fingerprint density at radius 1 is 0.750 bits per heavy atom. The summed E-state index contributed by atoms with van der Waals surface area (Å²) >= 11 is 0. The van der Waals surface area contributed by atoms with E-state index in [1.807, 2.05) is 30.3 Å². The standard InChI is InChI=1S/C29H42O3/c1-2-3-4-5-6-7-8-9-10-14-17-27(29(30)31)21-18-25-19-22-28(23-20-25)32-24-26-15-12-11-13-16-26/h11-13,15-16,19-20,22-23,27H,2-10,14,17-18,21,24H2,1H3,(H,30,31). The molecule has 2 aromatic carbocycles. The highest BCUT2D eigenvalue weighted by Crippen LogP contribution is 2.20. The Labute approximate surface area is 195 Å². The van der Waals surface area contributed by atoms with Crippen molar-refractivity contribution in [1.29, 1.82) is 0 Å². The monoisotopic (exact) mass is 438 g/mol. The van der Waals surface area contributed by atoms with E-state index in [2.05, 4.69) is 31.2 Å². The molecule has 0 fully saturated rings. The van der Waals surface area contributed by atoms with Crippen molar-refractivity contribution in [2.45, 2.75) is 97.0 Å². The van der Waals surface area contributed by atoms with Gasteiger partial charge in [-0.25, -0.2) is 0 Å². The van der Waals surface area contributed by atoms with E-state index in [9.17, 15) is 9.90 Å². The molecule has 2 rings (SSSR count). The average molecular weight is 439 g/mol. The molecule has 1 unspecified atom stereocenters. The summed E-state index contributed by atoms with van der Waals surface area (Å²) in [5.41, 5.74) is 2.32. The molecule has 0 aliphatic rings. The number of benzene rings is 2. The molecular formula is C29H42O3. The molecule has 0 aromatic heterocycles. The van der Waals surface area contributed by atoms with Gasteiger partial charge in [-0.3, -0.25) is 4.79 Å². The van der Waals surface area contributed by atoms with Gasteiger partial charge in [-0.2, -0.15) is 0 Å². The fraction of sp³-hybridized carbons (Fsp3) is 0.552. The normalized spacial score (nSPS) is 11.9. The number of hydrogen-bond acceptors (Lipinski definition) is 2. The predicted octanol–water partition coefficient (Wildman–Crippen LogP) is 8.21. The molecule has 0 radical (unpaired) electrons. The van der Waals surface area contributed by atoms with E-state index in [0.29, 0.717) is 13.0 Å². The average Bonchev–Trinajstić information content (AvgIpc) is 2.82. The van der Waals surface area contributed by atoms with Crippen LogP contribution in [0, 0.1) is 5.92 Å². The second-order valence-electron chi connectivity index (χ2n) is 8.96. The number of rotatable bonds is 18. The minimum absolute atomic E-state index is 0.238. The van der Waals surface area contributed by atoms with E-state index in [4.69, 9.17) is 4.74 Å². The summed E-state index contributed by atoms with van der Waals surface area (Å²) in [7, 11) is 0. The Morgan fingerprint density at radius 2 is 1.34 bits per heavy atom. The molecule has 0 heterocycles. The van der Waals surface area contributed by atoms with E-state index >= 15 is 0 Å². The Kier molecular flexibility index (Phi) is 13.3. The third-order valence-electron chi connectivity index (χ3n) is 6.21. The van der Waals surface area contributed by atoms with Crippen molar-refractivity contribution in [2.24, 2.45) is 5.92 Å². The van der Waals surface area contributed by atoms with Gasteiger partial charge < -0.3 is 9.84 Å². The number of carboxylic acid groups (broad SMARTS) is 1. The van der Waals surface area contributed by atoms with Gasteiger partial charge in [0.2, 0.25) is 0 Å². The Hall–Kier alpha value is -2.29. The fourth-order valence-electron chi connectivity index (χ4n) is 4.10. The second-order valence-corrected chi connectivity index (χ2v) is 8.96. The van der Waals surface area contributed by atoms with E-state index in [-0.39, 0.29) is 5.92 Å². The molecule has 3 nitrogen and oxygen atoms in total. The second kappa shape index (κ2) is 16.4. The highest BCUT2D eigenvalue weighted by Gasteiger charge is 2.16. The largest absolute Gasteiger partial charge is 0.489 e. The summed E-state index contributed by atoms with van der Waals surface area (Å²) in [5.74, 6) is -0.0421. The van der Waals surface area contributed by atoms with Gasteiger partial charge in [0.15, 0.2) is 0 Å². The van der Waals surface area contributed by atoms with Gasteiger partial charge in [-0.1, -0.05) is 114 Å². The fourth-order valence-corrected chi connectivity index (χ4v) is 4.10. The zero-order chi connectivity index (χ0) is 22.9. The third-order valence-corrected chi connectivity index (χ3v) is 6.21. The third kappa shape index (κ3) is 11.4. The molecule has 0 spiro atoms. The quantitative estimate of drug-likeness (QED) is 0.238. The molecule has 0 amide bonds. The number of hydrogen-bond donors (Lipinski definition) is 1. The maximum atomic E-state index is 11.7. The molecule has 2 aromatic rings. The van der Waals surface area contributed by atoms with Gasteiger partial charge in [-0.05, 0) is 42.5 Å². The first-order valence-corrected chi connectivity index (χ1v) is 12.7. The van der Waals surface area contributed by atoms with Crippen LogP contribution >= 0.6 is 0 Å². The van der Waals surface area contributed by atoms with E-state index in [1.165, 1.54) is 56.9 Å². The lowest BCUT2D eigenvalue weighted by Crippen LogP contribution is -2.14. The summed E-state index contributed by atoms with van der Waals surface area (Å²) in [4.78, 5) is 11.7. The Morgan fingerprint density at radius 3 is 1.94 bits per heavy atom. The molecule has 0 aliphatic carbocycles. The lowest BCUT2D eigenvalue weighted by Gasteiger charge is -2.13. The Bertz CT molecular complexity index is 724. The van der Waals surface area contributed by atoms with Crippen molar-refractivity contribution in [3.8, 4) is 5.75 Å². The molecule has 32 heavy (non-hydrogen) atoms. The van der Waals surface area contributed by atoms with Crippen LogP contribution in [0.25, 0.3) is 0 Å². The first-order valence-electron chi connectivity index (χ1n) is 12.7. The smallest absolute Gasteiger partial charge is 0.306 e. The van der Waals surface area contributed by atoms with E-state index in [0.717, 1.165) is 37.0 Å². The molecule has 3 heteroatoms. The predicted molar refractivity (Wildman–Crippen MR) is 133 cm³/mol. The molecule has 1 atom stereocenters. The Balaban J connectivity index is 1.60. The van der Waals surface area contributed by atoms with Gasteiger partial charge >= 0.3 is 5.97 Å². The van der Waals surface area contributed by atoms with Crippen LogP contribution in [0.4, 0.5) is 0 Å². The molecule has 0 saturated heterocycles. The summed E-state index contributed by atoms with van der Waals surface area (Å²) < 4.78 is 5.83. The minimum atomic E-state index is -0.649. The molecule has 0 bridgehead atoms. The van der Waals surface area contributed by atoms with Gasteiger partial charge in [0.05, 0.1) is 5.92 Å². The van der Waals surface area contributed by atoms with Crippen LogP contribution in [0.3, 0.4) is 0 Å². The SMILES string of the molecule is CCCCCCCCCCCCC(CCc1ccc(OCc2ccccc2)cc1)C(=O)O. The number of aliphatic carboxylic acids is 1. The van der Waals surface area contributed by atoms with Crippen molar-refractivity contribution in [1.82, 2.24) is 0 Å². The number of unbranched alkanes of at least 4 members (excludes halogenated alkanes) is 9. The zero-order valence-electron chi connectivity index (χ0n) is 19.9. The van der Waals surface area contributed by atoms with Crippen molar-refractivity contribution in [3.05, 3.63) is 65.7 Å². The van der Waals surface area contributed by atoms with Crippen LogP contribution in [0.1, 0.15) is 95.1 Å². The van der Waals surface area contributed by atoms with E-state index < -0.39 is 5.97 Å². The van der Waals surface area contributed by atoms with Gasteiger partial charge in [-0.15, -0.1) is 0 Å². The molecular weight excluding hydrogens is 396 g/mol. The van der Waals surface area contributed by atoms with Crippen LogP contribution in [-0.2, 0) is 17.8 Å². The topological polar surface area (TPSA) is 46.5 Å². The van der Waals surface area contributed by atoms with Crippen molar-refractivity contribution < 1.29 is 14.6 Å². The number of aryl methyl sites for hydroxylation is 1. The maximum Gasteiger partial charge on any atom is 0.306 e. The van der Waals surface area contributed by atoms with Crippen LogP contribution in [-0.4, -0.2) is 11.1 Å². The molecule has 1 N–H and O–H groups in total.